The molecule has 0 spiro atoms. The number of imidazole rings is 1. The van der Waals surface area contributed by atoms with Gasteiger partial charge < -0.3 is 9.88 Å². The second-order valence-corrected chi connectivity index (χ2v) is 3.61. The fraction of sp³-hybridized carbons (Fsp3) is 0.700. The van der Waals surface area contributed by atoms with Gasteiger partial charge in [-0.05, 0) is 26.3 Å². The van der Waals surface area contributed by atoms with E-state index in [0.29, 0.717) is 6.04 Å². The number of hydrogen-bond donors (Lipinski definition) is 1. The van der Waals surface area contributed by atoms with E-state index in [1.54, 1.807) is 0 Å². The van der Waals surface area contributed by atoms with Gasteiger partial charge in [0.15, 0.2) is 0 Å². The van der Waals surface area contributed by atoms with Crippen LogP contribution >= 0.6 is 0 Å². The van der Waals surface area contributed by atoms with Crippen molar-refractivity contribution < 1.29 is 0 Å². The molecule has 1 aliphatic heterocycles. The molecule has 0 saturated carbocycles. The number of nitrogens with one attached hydrogen (secondary N) is 1. The predicted octanol–water partition coefficient (Wildman–Crippen LogP) is 1.72. The second kappa shape index (κ2) is 3.92. The van der Waals surface area contributed by atoms with Gasteiger partial charge in [0.25, 0.3) is 0 Å². The molecular formula is C10H17N3. The first kappa shape index (κ1) is 8.75. The van der Waals surface area contributed by atoms with E-state index in [2.05, 4.69) is 21.8 Å². The number of hydrogen-bond acceptors (Lipinski definition) is 2. The van der Waals surface area contributed by atoms with Gasteiger partial charge in [-0.25, -0.2) is 4.98 Å². The molecule has 72 valence electrons. The lowest BCUT2D eigenvalue weighted by atomic mass is 10.0. The molecule has 3 nitrogen and oxygen atoms in total. The minimum absolute atomic E-state index is 0.538. The summed E-state index contributed by atoms with van der Waals surface area (Å²) >= 11 is 0. The van der Waals surface area contributed by atoms with Crippen molar-refractivity contribution in [3.63, 3.8) is 0 Å². The normalized spacial score (nSPS) is 23.3. The first-order chi connectivity index (χ1) is 6.42. The maximum Gasteiger partial charge on any atom is 0.0948 e. The van der Waals surface area contributed by atoms with Gasteiger partial charge in [0.05, 0.1) is 12.0 Å². The van der Waals surface area contributed by atoms with Gasteiger partial charge in [-0.2, -0.15) is 0 Å². The van der Waals surface area contributed by atoms with Crippen LogP contribution in [0.25, 0.3) is 0 Å². The maximum atomic E-state index is 4.19. The second-order valence-electron chi connectivity index (χ2n) is 3.61. The number of piperidine rings is 1. The summed E-state index contributed by atoms with van der Waals surface area (Å²) in [6, 6.07) is 0.538. The van der Waals surface area contributed by atoms with Crippen LogP contribution in [-0.4, -0.2) is 16.1 Å². The van der Waals surface area contributed by atoms with E-state index >= 15 is 0 Å². The van der Waals surface area contributed by atoms with Crippen molar-refractivity contribution in [1.29, 1.82) is 0 Å². The molecule has 13 heavy (non-hydrogen) atoms. The summed E-state index contributed by atoms with van der Waals surface area (Å²) in [4.78, 5) is 4.19. The SMILES string of the molecule is CCn1cncc1[C@@H]1CCCCN1. The molecule has 0 aromatic carbocycles. The lowest BCUT2D eigenvalue weighted by Crippen LogP contribution is -2.28. The molecule has 1 aromatic heterocycles. The van der Waals surface area contributed by atoms with Gasteiger partial charge in [-0.1, -0.05) is 6.42 Å². The number of aromatic nitrogens is 2. The van der Waals surface area contributed by atoms with Crippen LogP contribution in [0.2, 0.25) is 0 Å². The van der Waals surface area contributed by atoms with Crippen molar-refractivity contribution in [2.45, 2.75) is 38.8 Å². The van der Waals surface area contributed by atoms with E-state index < -0.39 is 0 Å². The van der Waals surface area contributed by atoms with E-state index in [0.717, 1.165) is 13.1 Å². The van der Waals surface area contributed by atoms with E-state index in [9.17, 15) is 0 Å². The van der Waals surface area contributed by atoms with Gasteiger partial charge in [-0.15, -0.1) is 0 Å². The summed E-state index contributed by atoms with van der Waals surface area (Å²) in [5, 5.41) is 3.54. The van der Waals surface area contributed by atoms with Gasteiger partial charge in [0.1, 0.15) is 0 Å². The molecule has 0 unspecified atom stereocenters. The highest BCUT2D eigenvalue weighted by molar-refractivity contribution is 5.06. The molecule has 3 heteroatoms. The van der Waals surface area contributed by atoms with Crippen LogP contribution in [0.1, 0.15) is 37.9 Å². The third-order valence-corrected chi connectivity index (χ3v) is 2.75. The summed E-state index contributed by atoms with van der Waals surface area (Å²) in [5.74, 6) is 0. The van der Waals surface area contributed by atoms with Crippen molar-refractivity contribution in [3.05, 3.63) is 18.2 Å². The summed E-state index contributed by atoms with van der Waals surface area (Å²) in [6.45, 7) is 4.33. The molecule has 1 N–H and O–H groups in total. The zero-order chi connectivity index (χ0) is 9.10. The summed E-state index contributed by atoms with van der Waals surface area (Å²) in [7, 11) is 0. The van der Waals surface area contributed by atoms with Crippen LogP contribution in [0.4, 0.5) is 0 Å². The molecule has 2 heterocycles. The van der Waals surface area contributed by atoms with E-state index in [1.807, 2.05) is 12.5 Å². The Morgan fingerprint density at radius 3 is 3.23 bits per heavy atom. The molecule has 0 bridgehead atoms. The molecule has 0 radical (unpaired) electrons. The lowest BCUT2D eigenvalue weighted by molar-refractivity contribution is 0.394. The summed E-state index contributed by atoms with van der Waals surface area (Å²) in [5.41, 5.74) is 1.35. The Bertz CT molecular complexity index is 261. The van der Waals surface area contributed by atoms with Gasteiger partial charge in [-0.3, -0.25) is 0 Å². The van der Waals surface area contributed by atoms with E-state index in [1.165, 1.54) is 25.0 Å². The minimum Gasteiger partial charge on any atom is -0.333 e. The topological polar surface area (TPSA) is 29.9 Å². The first-order valence-corrected chi connectivity index (χ1v) is 5.15. The maximum absolute atomic E-state index is 4.19. The van der Waals surface area contributed by atoms with Crippen LogP contribution in [0.5, 0.6) is 0 Å². The Morgan fingerprint density at radius 1 is 1.62 bits per heavy atom. The van der Waals surface area contributed by atoms with Crippen LogP contribution in [0.3, 0.4) is 0 Å². The van der Waals surface area contributed by atoms with Crippen molar-refractivity contribution in [3.8, 4) is 0 Å². The van der Waals surface area contributed by atoms with Crippen molar-refractivity contribution >= 4 is 0 Å². The zero-order valence-corrected chi connectivity index (χ0v) is 8.16. The van der Waals surface area contributed by atoms with E-state index in [-0.39, 0.29) is 0 Å². The van der Waals surface area contributed by atoms with Crippen molar-refractivity contribution in [1.82, 2.24) is 14.9 Å². The molecule has 0 aliphatic carbocycles. The largest absolute Gasteiger partial charge is 0.333 e. The molecule has 2 rings (SSSR count). The fourth-order valence-corrected chi connectivity index (χ4v) is 1.99. The predicted molar refractivity (Wildman–Crippen MR) is 52.5 cm³/mol. The average Bonchev–Trinajstić information content (AvgIpc) is 2.67. The monoisotopic (exact) mass is 179 g/mol. The Balaban J connectivity index is 2.13. The summed E-state index contributed by atoms with van der Waals surface area (Å²) < 4.78 is 2.23. The smallest absolute Gasteiger partial charge is 0.0948 e. The molecule has 0 amide bonds. The highest BCUT2D eigenvalue weighted by atomic mass is 15.1. The Kier molecular flexibility index (Phi) is 2.64. The first-order valence-electron chi connectivity index (χ1n) is 5.15. The third-order valence-electron chi connectivity index (χ3n) is 2.75. The van der Waals surface area contributed by atoms with Crippen LogP contribution < -0.4 is 5.32 Å². The Labute approximate surface area is 79.2 Å². The standard InChI is InChI=1S/C10H17N3/c1-2-13-8-11-7-10(13)9-5-3-4-6-12-9/h7-9,12H,2-6H2,1H3/t9-/m0/s1. The van der Waals surface area contributed by atoms with Crippen molar-refractivity contribution in [2.75, 3.05) is 6.54 Å². The highest BCUT2D eigenvalue weighted by Crippen LogP contribution is 2.22. The minimum atomic E-state index is 0.538. The summed E-state index contributed by atoms with van der Waals surface area (Å²) in [6.07, 6.45) is 7.83. The number of aryl methyl sites for hydroxylation is 1. The number of rotatable bonds is 2. The highest BCUT2D eigenvalue weighted by Gasteiger charge is 2.17. The third kappa shape index (κ3) is 1.75. The van der Waals surface area contributed by atoms with Crippen LogP contribution in [-0.2, 0) is 6.54 Å². The Hall–Kier alpha value is -0.830. The molecule has 1 saturated heterocycles. The van der Waals surface area contributed by atoms with Crippen LogP contribution in [0, 0.1) is 0 Å². The average molecular weight is 179 g/mol. The van der Waals surface area contributed by atoms with Crippen LogP contribution in [0.15, 0.2) is 12.5 Å². The van der Waals surface area contributed by atoms with Gasteiger partial charge >= 0.3 is 0 Å². The quantitative estimate of drug-likeness (QED) is 0.749. The molecule has 1 atom stereocenters. The fourth-order valence-electron chi connectivity index (χ4n) is 1.99. The lowest BCUT2D eigenvalue weighted by Gasteiger charge is -2.24. The number of nitrogens with zero attached hydrogens (tertiary/aromatic N) is 2. The molecular weight excluding hydrogens is 162 g/mol. The molecule has 1 fully saturated rings. The van der Waals surface area contributed by atoms with Crippen molar-refractivity contribution in [2.24, 2.45) is 0 Å². The van der Waals surface area contributed by atoms with Gasteiger partial charge in [0, 0.05) is 18.8 Å². The molecule has 1 aromatic rings. The Morgan fingerprint density at radius 2 is 2.54 bits per heavy atom. The van der Waals surface area contributed by atoms with E-state index in [4.69, 9.17) is 0 Å². The zero-order valence-electron chi connectivity index (χ0n) is 8.16. The molecule has 1 aliphatic rings. The van der Waals surface area contributed by atoms with Gasteiger partial charge in [0.2, 0.25) is 0 Å².